The molecule has 9 heteroatoms. The Labute approximate surface area is 126 Å². The number of rotatable bonds is 5. The first-order valence-corrected chi connectivity index (χ1v) is 6.38. The highest BCUT2D eigenvalue weighted by atomic mass is 19.4. The molecule has 0 amide bonds. The van der Waals surface area contributed by atoms with Crippen molar-refractivity contribution in [2.24, 2.45) is 5.92 Å². The topological polar surface area (TPSA) is 9.23 Å². The molecule has 23 heavy (non-hydrogen) atoms. The third kappa shape index (κ3) is 6.07. The lowest BCUT2D eigenvalue weighted by Crippen LogP contribution is -2.13. The standard InChI is InChI=1S/C14H12F8O/c1-2-8(3-12(15)16)7-23-11-5-9(13(17,18)19)4-10(6-11)14(20,21)22/h3-6,8H,2,7H2,1H3/t8-/m1/s1. The zero-order chi connectivity index (χ0) is 17.8. The van der Waals surface area contributed by atoms with Gasteiger partial charge in [0.25, 0.3) is 6.08 Å². The van der Waals surface area contributed by atoms with Gasteiger partial charge in [0, 0.05) is 5.92 Å². The molecule has 0 aliphatic rings. The molecule has 0 N–H and O–H groups in total. The number of ether oxygens (including phenoxy) is 1. The maximum Gasteiger partial charge on any atom is 0.416 e. The molecule has 0 fully saturated rings. The van der Waals surface area contributed by atoms with E-state index in [1.54, 1.807) is 0 Å². The van der Waals surface area contributed by atoms with Crippen molar-refractivity contribution < 1.29 is 39.9 Å². The van der Waals surface area contributed by atoms with Crippen LogP contribution in [0.2, 0.25) is 0 Å². The fraction of sp³-hybridized carbons (Fsp3) is 0.429. The van der Waals surface area contributed by atoms with E-state index in [1.807, 2.05) is 0 Å². The van der Waals surface area contributed by atoms with Crippen molar-refractivity contribution >= 4 is 0 Å². The summed E-state index contributed by atoms with van der Waals surface area (Å²) in [5.74, 6) is -1.51. The molecule has 1 aromatic rings. The monoisotopic (exact) mass is 348 g/mol. The Kier molecular flexibility index (Phi) is 6.01. The maximum atomic E-state index is 12.6. The van der Waals surface area contributed by atoms with E-state index in [2.05, 4.69) is 0 Å². The van der Waals surface area contributed by atoms with E-state index in [-0.39, 0.29) is 12.5 Å². The van der Waals surface area contributed by atoms with Crippen molar-refractivity contribution in [1.29, 1.82) is 0 Å². The van der Waals surface area contributed by atoms with Crippen LogP contribution in [0.5, 0.6) is 5.75 Å². The van der Waals surface area contributed by atoms with Gasteiger partial charge in [-0.05, 0) is 30.7 Å². The first-order valence-electron chi connectivity index (χ1n) is 6.38. The van der Waals surface area contributed by atoms with Crippen LogP contribution in [0.4, 0.5) is 35.1 Å². The Morgan fingerprint density at radius 2 is 1.48 bits per heavy atom. The second kappa shape index (κ2) is 7.18. The summed E-state index contributed by atoms with van der Waals surface area (Å²) in [4.78, 5) is 0. The first kappa shape index (κ1) is 19.2. The number of alkyl halides is 6. The maximum absolute atomic E-state index is 12.6. The van der Waals surface area contributed by atoms with Crippen LogP contribution in [-0.4, -0.2) is 6.61 Å². The molecule has 0 aromatic heterocycles. The zero-order valence-electron chi connectivity index (χ0n) is 11.7. The van der Waals surface area contributed by atoms with Crippen LogP contribution in [0, 0.1) is 5.92 Å². The van der Waals surface area contributed by atoms with Gasteiger partial charge in [0.15, 0.2) is 0 Å². The lowest BCUT2D eigenvalue weighted by molar-refractivity contribution is -0.143. The SMILES string of the molecule is CC[C@H](C=C(F)F)COc1cc(C(F)(F)F)cc(C(F)(F)F)c1. The number of halogens is 8. The van der Waals surface area contributed by atoms with Crippen molar-refractivity contribution in [3.05, 3.63) is 41.5 Å². The smallest absolute Gasteiger partial charge is 0.416 e. The summed E-state index contributed by atoms with van der Waals surface area (Å²) in [7, 11) is 0. The molecular formula is C14H12F8O. The van der Waals surface area contributed by atoms with Gasteiger partial charge in [-0.3, -0.25) is 0 Å². The summed E-state index contributed by atoms with van der Waals surface area (Å²) in [6, 6.07) is 0.764. The van der Waals surface area contributed by atoms with Gasteiger partial charge in [-0.2, -0.15) is 35.1 Å². The number of benzene rings is 1. The van der Waals surface area contributed by atoms with E-state index >= 15 is 0 Å². The van der Waals surface area contributed by atoms with Crippen LogP contribution in [0.15, 0.2) is 30.4 Å². The van der Waals surface area contributed by atoms with Crippen LogP contribution in [0.1, 0.15) is 24.5 Å². The fourth-order valence-corrected chi connectivity index (χ4v) is 1.67. The van der Waals surface area contributed by atoms with Crippen molar-refractivity contribution in [1.82, 2.24) is 0 Å². The van der Waals surface area contributed by atoms with E-state index in [0.717, 1.165) is 0 Å². The minimum atomic E-state index is -4.99. The minimum absolute atomic E-state index is 0.0364. The highest BCUT2D eigenvalue weighted by Crippen LogP contribution is 2.38. The van der Waals surface area contributed by atoms with Gasteiger partial charge in [-0.25, -0.2) is 0 Å². The Morgan fingerprint density at radius 1 is 1.00 bits per heavy atom. The van der Waals surface area contributed by atoms with Crippen molar-refractivity contribution in [3.63, 3.8) is 0 Å². The normalized spacial score (nSPS) is 13.6. The van der Waals surface area contributed by atoms with Gasteiger partial charge in [0.1, 0.15) is 5.75 Å². The third-order valence-corrected chi connectivity index (χ3v) is 2.91. The van der Waals surface area contributed by atoms with E-state index in [1.165, 1.54) is 6.92 Å². The molecule has 0 spiro atoms. The molecule has 1 aromatic carbocycles. The highest BCUT2D eigenvalue weighted by Gasteiger charge is 2.37. The predicted molar refractivity (Wildman–Crippen MR) is 66.0 cm³/mol. The van der Waals surface area contributed by atoms with Crippen molar-refractivity contribution in [2.45, 2.75) is 25.7 Å². The zero-order valence-corrected chi connectivity index (χ0v) is 11.7. The summed E-state index contributed by atoms with van der Waals surface area (Å²) in [6.45, 7) is 1.06. The molecule has 0 heterocycles. The quantitative estimate of drug-likeness (QED) is 0.601. The largest absolute Gasteiger partial charge is 0.493 e. The Morgan fingerprint density at radius 3 is 1.83 bits per heavy atom. The van der Waals surface area contributed by atoms with Gasteiger partial charge in [0.2, 0.25) is 0 Å². The summed E-state index contributed by atoms with van der Waals surface area (Å²) >= 11 is 0. The summed E-state index contributed by atoms with van der Waals surface area (Å²) in [5, 5.41) is 0. The molecule has 0 saturated carbocycles. The number of hydrogen-bond acceptors (Lipinski definition) is 1. The summed E-state index contributed by atoms with van der Waals surface area (Å²) in [6.07, 6.45) is -11.3. The van der Waals surface area contributed by atoms with Crippen LogP contribution in [-0.2, 0) is 12.4 Å². The molecule has 0 bridgehead atoms. The van der Waals surface area contributed by atoms with Gasteiger partial charge >= 0.3 is 12.4 Å². The number of hydrogen-bond donors (Lipinski definition) is 0. The molecule has 0 aliphatic heterocycles. The van der Waals surface area contributed by atoms with Crippen molar-refractivity contribution in [3.8, 4) is 5.75 Å². The summed E-state index contributed by atoms with van der Waals surface area (Å²) < 4.78 is 105. The van der Waals surface area contributed by atoms with Crippen LogP contribution in [0.25, 0.3) is 0 Å². The second-order valence-electron chi connectivity index (χ2n) is 4.68. The van der Waals surface area contributed by atoms with Gasteiger partial charge in [0.05, 0.1) is 17.7 Å². The first-order chi connectivity index (χ1) is 10.4. The lowest BCUT2D eigenvalue weighted by atomic mass is 10.1. The van der Waals surface area contributed by atoms with E-state index in [0.29, 0.717) is 18.2 Å². The second-order valence-corrected chi connectivity index (χ2v) is 4.68. The van der Waals surface area contributed by atoms with Crippen LogP contribution < -0.4 is 4.74 Å². The molecule has 0 saturated heterocycles. The van der Waals surface area contributed by atoms with Gasteiger partial charge in [-0.1, -0.05) is 6.92 Å². The van der Waals surface area contributed by atoms with Gasteiger partial charge < -0.3 is 4.74 Å². The van der Waals surface area contributed by atoms with Crippen molar-refractivity contribution in [2.75, 3.05) is 6.61 Å². The Bertz CT molecular complexity index is 523. The van der Waals surface area contributed by atoms with Gasteiger partial charge in [-0.15, -0.1) is 0 Å². The molecule has 0 unspecified atom stereocenters. The Balaban J connectivity index is 3.08. The average Bonchev–Trinajstić information content (AvgIpc) is 2.40. The molecule has 130 valence electrons. The fourth-order valence-electron chi connectivity index (χ4n) is 1.67. The highest BCUT2D eigenvalue weighted by molar-refractivity contribution is 5.37. The predicted octanol–water partition coefficient (Wildman–Crippen LogP) is 5.91. The molecular weight excluding hydrogens is 336 g/mol. The van der Waals surface area contributed by atoms with E-state index in [4.69, 9.17) is 4.74 Å². The molecule has 1 rings (SSSR count). The third-order valence-electron chi connectivity index (χ3n) is 2.91. The molecule has 0 radical (unpaired) electrons. The van der Waals surface area contributed by atoms with Crippen LogP contribution >= 0.6 is 0 Å². The molecule has 0 aliphatic carbocycles. The van der Waals surface area contributed by atoms with E-state index in [9.17, 15) is 35.1 Å². The molecule has 1 atom stereocenters. The lowest BCUT2D eigenvalue weighted by Gasteiger charge is -2.16. The Hall–Kier alpha value is -1.80. The summed E-state index contributed by atoms with van der Waals surface area (Å²) in [5.41, 5.74) is -3.05. The van der Waals surface area contributed by atoms with E-state index < -0.39 is 47.8 Å². The minimum Gasteiger partial charge on any atom is -0.493 e. The van der Waals surface area contributed by atoms with Crippen LogP contribution in [0.3, 0.4) is 0 Å². The molecule has 1 nitrogen and oxygen atoms in total. The average molecular weight is 348 g/mol.